The molecule has 2 aromatic carbocycles. The van der Waals surface area contributed by atoms with E-state index >= 15 is 0 Å². The van der Waals surface area contributed by atoms with Crippen LogP contribution in [0.5, 0.6) is 5.75 Å². The molecule has 0 aliphatic heterocycles. The predicted molar refractivity (Wildman–Crippen MR) is 82.7 cm³/mol. The van der Waals surface area contributed by atoms with E-state index in [0.29, 0.717) is 23.9 Å². The molecule has 0 amide bonds. The van der Waals surface area contributed by atoms with Crippen LogP contribution in [0.1, 0.15) is 11.1 Å². The van der Waals surface area contributed by atoms with Gasteiger partial charge < -0.3 is 10.5 Å². The fourth-order valence-corrected chi connectivity index (χ4v) is 2.41. The zero-order valence-electron chi connectivity index (χ0n) is 10.4. The number of benzene rings is 2. The molecule has 0 saturated heterocycles. The number of rotatable bonds is 5. The van der Waals surface area contributed by atoms with Crippen molar-refractivity contribution in [3.63, 3.8) is 0 Å². The first-order valence-electron chi connectivity index (χ1n) is 6.05. The molecule has 2 N–H and O–H groups in total. The van der Waals surface area contributed by atoms with Gasteiger partial charge in [0.1, 0.15) is 12.4 Å². The summed E-state index contributed by atoms with van der Waals surface area (Å²) >= 11 is 9.69. The van der Waals surface area contributed by atoms with Crippen LogP contribution in [0.25, 0.3) is 0 Å². The molecule has 2 nitrogen and oxygen atoms in total. The lowest BCUT2D eigenvalue weighted by Crippen LogP contribution is -2.03. The van der Waals surface area contributed by atoms with Crippen LogP contribution in [0.4, 0.5) is 0 Å². The van der Waals surface area contributed by atoms with E-state index in [-0.39, 0.29) is 0 Å². The molecule has 2 aromatic rings. The Labute approximate surface area is 126 Å². The second-order valence-electron chi connectivity index (χ2n) is 4.18. The van der Waals surface area contributed by atoms with E-state index in [2.05, 4.69) is 15.9 Å². The minimum absolute atomic E-state index is 0.484. The fraction of sp³-hybridized carbons (Fsp3) is 0.200. The lowest BCUT2D eigenvalue weighted by molar-refractivity contribution is 0.305. The highest BCUT2D eigenvalue weighted by Gasteiger charge is 2.05. The van der Waals surface area contributed by atoms with E-state index in [9.17, 15) is 0 Å². The molecule has 0 aliphatic rings. The van der Waals surface area contributed by atoms with E-state index in [0.717, 1.165) is 22.0 Å². The third-order valence-corrected chi connectivity index (χ3v) is 3.84. The largest absolute Gasteiger partial charge is 0.487 e. The summed E-state index contributed by atoms with van der Waals surface area (Å²) in [5.74, 6) is 0.693. The van der Waals surface area contributed by atoms with Gasteiger partial charge in [-0.1, -0.05) is 51.8 Å². The van der Waals surface area contributed by atoms with Gasteiger partial charge in [-0.05, 0) is 36.7 Å². The summed E-state index contributed by atoms with van der Waals surface area (Å²) in [6.45, 7) is 1.10. The summed E-state index contributed by atoms with van der Waals surface area (Å²) in [6.07, 6.45) is 0.824. The van der Waals surface area contributed by atoms with Crippen LogP contribution in [-0.2, 0) is 13.0 Å². The quantitative estimate of drug-likeness (QED) is 0.886. The predicted octanol–water partition coefficient (Wildman–Crippen LogP) is 4.18. The molecule has 100 valence electrons. The first-order valence-corrected chi connectivity index (χ1v) is 7.22. The van der Waals surface area contributed by atoms with Gasteiger partial charge in [0.05, 0.1) is 5.02 Å². The van der Waals surface area contributed by atoms with Crippen LogP contribution in [0.3, 0.4) is 0 Å². The normalized spacial score (nSPS) is 10.5. The molecular weight excluding hydrogens is 326 g/mol. The second-order valence-corrected chi connectivity index (χ2v) is 5.45. The molecule has 0 aromatic heterocycles. The van der Waals surface area contributed by atoms with Crippen molar-refractivity contribution in [2.45, 2.75) is 13.0 Å². The molecule has 0 bridgehead atoms. The number of nitrogens with two attached hydrogens (primary N) is 1. The van der Waals surface area contributed by atoms with Gasteiger partial charge in [0.2, 0.25) is 0 Å². The maximum atomic E-state index is 6.19. The summed E-state index contributed by atoms with van der Waals surface area (Å²) in [5, 5.41) is 0.623. The van der Waals surface area contributed by atoms with Crippen molar-refractivity contribution in [1.82, 2.24) is 0 Å². The number of hydrogen-bond donors (Lipinski definition) is 1. The summed E-state index contributed by atoms with van der Waals surface area (Å²) in [6, 6.07) is 13.8. The highest BCUT2D eigenvalue weighted by Crippen LogP contribution is 2.27. The molecule has 0 atom stereocenters. The van der Waals surface area contributed by atoms with Crippen molar-refractivity contribution in [2.24, 2.45) is 5.73 Å². The van der Waals surface area contributed by atoms with Gasteiger partial charge in [0.25, 0.3) is 0 Å². The van der Waals surface area contributed by atoms with Gasteiger partial charge in [0.15, 0.2) is 0 Å². The van der Waals surface area contributed by atoms with Crippen molar-refractivity contribution >= 4 is 27.5 Å². The molecule has 0 heterocycles. The molecule has 0 spiro atoms. The Morgan fingerprint density at radius 1 is 1.16 bits per heavy atom. The molecule has 2 rings (SSSR count). The molecule has 0 aliphatic carbocycles. The third kappa shape index (κ3) is 3.96. The fourth-order valence-electron chi connectivity index (χ4n) is 1.75. The Balaban J connectivity index is 2.06. The van der Waals surface area contributed by atoms with Gasteiger partial charge in [-0.2, -0.15) is 0 Å². The van der Waals surface area contributed by atoms with Crippen LogP contribution in [0.15, 0.2) is 46.9 Å². The average Bonchev–Trinajstić information content (AvgIpc) is 2.40. The van der Waals surface area contributed by atoms with Crippen molar-refractivity contribution in [3.05, 3.63) is 63.1 Å². The van der Waals surface area contributed by atoms with Gasteiger partial charge >= 0.3 is 0 Å². The molecule has 4 heteroatoms. The summed E-state index contributed by atoms with van der Waals surface area (Å²) in [5.41, 5.74) is 7.73. The van der Waals surface area contributed by atoms with E-state index < -0.39 is 0 Å². The van der Waals surface area contributed by atoms with Crippen LogP contribution in [0, 0.1) is 0 Å². The van der Waals surface area contributed by atoms with Crippen LogP contribution >= 0.6 is 27.5 Å². The highest BCUT2D eigenvalue weighted by molar-refractivity contribution is 9.10. The topological polar surface area (TPSA) is 35.2 Å². The number of halogens is 2. The Hall–Kier alpha value is -1.03. The summed E-state index contributed by atoms with van der Waals surface area (Å²) < 4.78 is 6.78. The van der Waals surface area contributed by atoms with Gasteiger partial charge in [-0.15, -0.1) is 0 Å². The minimum Gasteiger partial charge on any atom is -0.487 e. The molecule has 0 fully saturated rings. The Morgan fingerprint density at radius 3 is 2.63 bits per heavy atom. The van der Waals surface area contributed by atoms with Crippen molar-refractivity contribution < 1.29 is 4.74 Å². The first-order chi connectivity index (χ1) is 9.20. The summed E-state index contributed by atoms with van der Waals surface area (Å²) in [7, 11) is 0. The van der Waals surface area contributed by atoms with E-state index in [1.54, 1.807) is 0 Å². The zero-order chi connectivity index (χ0) is 13.7. The maximum absolute atomic E-state index is 6.19. The molecular formula is C15H15BrClNO. The van der Waals surface area contributed by atoms with Crippen molar-refractivity contribution in [3.8, 4) is 5.75 Å². The first kappa shape index (κ1) is 14.4. The standard InChI is InChI=1S/C15H15BrClNO/c16-13-4-2-1-3-12(13)10-19-15-6-5-11(7-8-18)9-14(15)17/h1-6,9H,7-8,10,18H2. The zero-order valence-corrected chi connectivity index (χ0v) is 12.7. The SMILES string of the molecule is NCCc1ccc(OCc2ccccc2Br)c(Cl)c1. The van der Waals surface area contributed by atoms with Crippen LogP contribution in [-0.4, -0.2) is 6.54 Å². The smallest absolute Gasteiger partial charge is 0.138 e. The Kier molecular flexibility index (Phi) is 5.25. The van der Waals surface area contributed by atoms with Gasteiger partial charge in [-0.3, -0.25) is 0 Å². The van der Waals surface area contributed by atoms with Crippen LogP contribution in [0.2, 0.25) is 5.02 Å². The van der Waals surface area contributed by atoms with Crippen LogP contribution < -0.4 is 10.5 Å². The van der Waals surface area contributed by atoms with E-state index in [1.807, 2.05) is 42.5 Å². The Bertz CT molecular complexity index is 560. The lowest BCUT2D eigenvalue weighted by atomic mass is 10.1. The molecule has 0 radical (unpaired) electrons. The van der Waals surface area contributed by atoms with Crippen molar-refractivity contribution in [1.29, 1.82) is 0 Å². The average molecular weight is 341 g/mol. The lowest BCUT2D eigenvalue weighted by Gasteiger charge is -2.10. The molecule has 0 unspecified atom stereocenters. The molecule has 0 saturated carbocycles. The maximum Gasteiger partial charge on any atom is 0.138 e. The minimum atomic E-state index is 0.484. The number of hydrogen-bond acceptors (Lipinski definition) is 2. The Morgan fingerprint density at radius 2 is 1.95 bits per heavy atom. The second kappa shape index (κ2) is 6.94. The monoisotopic (exact) mass is 339 g/mol. The highest BCUT2D eigenvalue weighted by atomic mass is 79.9. The van der Waals surface area contributed by atoms with E-state index in [1.165, 1.54) is 0 Å². The summed E-state index contributed by atoms with van der Waals surface area (Å²) in [4.78, 5) is 0. The van der Waals surface area contributed by atoms with Gasteiger partial charge in [0, 0.05) is 10.0 Å². The van der Waals surface area contributed by atoms with Crippen molar-refractivity contribution in [2.75, 3.05) is 6.54 Å². The number of ether oxygens (including phenoxy) is 1. The van der Waals surface area contributed by atoms with Gasteiger partial charge in [-0.25, -0.2) is 0 Å². The van der Waals surface area contributed by atoms with E-state index in [4.69, 9.17) is 22.1 Å². The molecule has 19 heavy (non-hydrogen) atoms. The third-order valence-electron chi connectivity index (χ3n) is 2.77.